The molecule has 1 N–H and O–H groups in total. The number of imide groups is 1. The van der Waals surface area contributed by atoms with Gasteiger partial charge in [-0.15, -0.1) is 0 Å². The molecule has 0 unspecified atom stereocenters. The van der Waals surface area contributed by atoms with Crippen LogP contribution in [0.25, 0.3) is 0 Å². The quantitative estimate of drug-likeness (QED) is 0.488. The van der Waals surface area contributed by atoms with E-state index in [0.717, 1.165) is 9.87 Å². The molecule has 0 radical (unpaired) electrons. The van der Waals surface area contributed by atoms with E-state index in [4.69, 9.17) is 0 Å². The molecule has 1 heterocycles. The van der Waals surface area contributed by atoms with Gasteiger partial charge in [-0.3, -0.25) is 19.3 Å². The predicted molar refractivity (Wildman–Crippen MR) is 130 cm³/mol. The van der Waals surface area contributed by atoms with E-state index in [1.807, 2.05) is 30.3 Å². The fourth-order valence-electron chi connectivity index (χ4n) is 3.90. The van der Waals surface area contributed by atoms with Crippen LogP contribution in [0.3, 0.4) is 0 Å². The summed E-state index contributed by atoms with van der Waals surface area (Å²) in [5.74, 6) is -1.29. The van der Waals surface area contributed by atoms with Gasteiger partial charge in [-0.1, -0.05) is 48.5 Å². The number of fused-ring (bicyclic) bond motifs is 1. The van der Waals surface area contributed by atoms with Gasteiger partial charge in [-0.25, -0.2) is 12.7 Å². The van der Waals surface area contributed by atoms with E-state index in [9.17, 15) is 22.8 Å². The minimum absolute atomic E-state index is 0.0186. The third-order valence-electron chi connectivity index (χ3n) is 5.87. The first-order chi connectivity index (χ1) is 16.7. The van der Waals surface area contributed by atoms with Gasteiger partial charge in [0.25, 0.3) is 17.7 Å². The standard InChI is InChI=1S/C26H25N3O5S/c1-28(2)35(33,34)23-11-7-6-10-20(23)17-27-24(30)19-12-13-21-22(16-19)26(32)29(25(21)31)15-14-18-8-4-3-5-9-18/h3-13,16H,14-15,17H2,1-2H3,(H,27,30). The van der Waals surface area contributed by atoms with Gasteiger partial charge in [0.2, 0.25) is 10.0 Å². The molecular weight excluding hydrogens is 466 g/mol. The maximum atomic E-state index is 12.9. The number of carbonyl (C=O) groups excluding carboxylic acids is 3. The molecule has 0 saturated carbocycles. The summed E-state index contributed by atoms with van der Waals surface area (Å²) in [7, 11) is -0.797. The largest absolute Gasteiger partial charge is 0.348 e. The Labute approximate surface area is 204 Å². The molecular formula is C26H25N3O5S. The lowest BCUT2D eigenvalue weighted by Gasteiger charge is -2.15. The van der Waals surface area contributed by atoms with Gasteiger partial charge in [0.05, 0.1) is 16.0 Å². The Hall–Kier alpha value is -3.82. The number of hydrogen-bond donors (Lipinski definition) is 1. The molecule has 0 spiro atoms. The molecule has 9 heteroatoms. The summed E-state index contributed by atoms with van der Waals surface area (Å²) in [6.45, 7) is 0.226. The molecule has 0 aromatic heterocycles. The molecule has 3 aromatic carbocycles. The number of benzene rings is 3. The van der Waals surface area contributed by atoms with E-state index in [1.54, 1.807) is 18.2 Å². The lowest BCUT2D eigenvalue weighted by Crippen LogP contribution is -2.31. The molecule has 0 bridgehead atoms. The van der Waals surface area contributed by atoms with Crippen LogP contribution in [0.15, 0.2) is 77.7 Å². The van der Waals surface area contributed by atoms with E-state index >= 15 is 0 Å². The first kappa shape index (κ1) is 24.3. The van der Waals surface area contributed by atoms with Crippen molar-refractivity contribution in [1.29, 1.82) is 0 Å². The lowest BCUT2D eigenvalue weighted by molar-refractivity contribution is 0.0656. The highest BCUT2D eigenvalue weighted by Gasteiger charge is 2.35. The Bertz CT molecular complexity index is 1400. The number of nitrogens with one attached hydrogen (secondary N) is 1. The summed E-state index contributed by atoms with van der Waals surface area (Å²) in [5.41, 5.74) is 2.12. The Morgan fingerprint density at radius 3 is 2.26 bits per heavy atom. The second kappa shape index (κ2) is 9.81. The van der Waals surface area contributed by atoms with E-state index < -0.39 is 21.8 Å². The molecule has 1 aliphatic rings. The van der Waals surface area contributed by atoms with Crippen molar-refractivity contribution in [2.45, 2.75) is 17.9 Å². The summed E-state index contributed by atoms with van der Waals surface area (Å²) >= 11 is 0. The second-order valence-corrected chi connectivity index (χ2v) is 10.5. The molecule has 3 aromatic rings. The monoisotopic (exact) mass is 491 g/mol. The number of rotatable bonds is 8. The van der Waals surface area contributed by atoms with Crippen LogP contribution >= 0.6 is 0 Å². The highest BCUT2D eigenvalue weighted by molar-refractivity contribution is 7.89. The van der Waals surface area contributed by atoms with Crippen molar-refractivity contribution in [3.63, 3.8) is 0 Å². The zero-order valence-electron chi connectivity index (χ0n) is 19.4. The Balaban J connectivity index is 1.48. The summed E-state index contributed by atoms with van der Waals surface area (Å²) in [4.78, 5) is 39.8. The van der Waals surface area contributed by atoms with Gasteiger partial charge < -0.3 is 5.32 Å². The van der Waals surface area contributed by atoms with Crippen molar-refractivity contribution in [2.75, 3.05) is 20.6 Å². The Kier molecular flexibility index (Phi) is 6.81. The average molecular weight is 492 g/mol. The summed E-state index contributed by atoms with van der Waals surface area (Å²) in [6, 6.07) is 20.4. The predicted octanol–water partition coefficient (Wildman–Crippen LogP) is 2.71. The smallest absolute Gasteiger partial charge is 0.261 e. The molecule has 0 saturated heterocycles. The van der Waals surface area contributed by atoms with E-state index in [1.165, 1.54) is 43.3 Å². The number of amides is 3. The second-order valence-electron chi connectivity index (χ2n) is 8.34. The van der Waals surface area contributed by atoms with Gasteiger partial charge in [0.15, 0.2) is 0 Å². The zero-order valence-corrected chi connectivity index (χ0v) is 20.2. The van der Waals surface area contributed by atoms with Crippen molar-refractivity contribution in [3.05, 3.63) is 101 Å². The van der Waals surface area contributed by atoms with Crippen LogP contribution in [0.4, 0.5) is 0 Å². The van der Waals surface area contributed by atoms with Gasteiger partial charge in [0.1, 0.15) is 0 Å². The number of hydrogen-bond acceptors (Lipinski definition) is 5. The third-order valence-corrected chi connectivity index (χ3v) is 7.79. The number of carbonyl (C=O) groups is 3. The van der Waals surface area contributed by atoms with Crippen LogP contribution in [-0.4, -0.2) is 56.0 Å². The van der Waals surface area contributed by atoms with Gasteiger partial charge in [0, 0.05) is 32.7 Å². The van der Waals surface area contributed by atoms with E-state index in [0.29, 0.717) is 12.0 Å². The van der Waals surface area contributed by atoms with Crippen LogP contribution in [0.2, 0.25) is 0 Å². The lowest BCUT2D eigenvalue weighted by atomic mass is 10.1. The first-order valence-electron chi connectivity index (χ1n) is 11.0. The SMILES string of the molecule is CN(C)S(=O)(=O)c1ccccc1CNC(=O)c1ccc2c(c1)C(=O)N(CCc1ccccc1)C2=O. The van der Waals surface area contributed by atoms with Crippen molar-refractivity contribution in [3.8, 4) is 0 Å². The third kappa shape index (κ3) is 4.87. The molecule has 35 heavy (non-hydrogen) atoms. The molecule has 180 valence electrons. The first-order valence-corrected chi connectivity index (χ1v) is 12.5. The summed E-state index contributed by atoms with van der Waals surface area (Å²) in [6.07, 6.45) is 0.537. The molecule has 3 amide bonds. The molecule has 1 aliphatic heterocycles. The van der Waals surface area contributed by atoms with E-state index in [-0.39, 0.29) is 40.6 Å². The van der Waals surface area contributed by atoms with Crippen molar-refractivity contribution in [1.82, 2.24) is 14.5 Å². The van der Waals surface area contributed by atoms with Crippen LogP contribution < -0.4 is 5.32 Å². The van der Waals surface area contributed by atoms with Crippen molar-refractivity contribution in [2.24, 2.45) is 0 Å². The normalized spacial score (nSPS) is 13.3. The molecule has 4 rings (SSSR count). The summed E-state index contributed by atoms with van der Waals surface area (Å²) < 4.78 is 26.3. The van der Waals surface area contributed by atoms with Gasteiger partial charge >= 0.3 is 0 Å². The Morgan fingerprint density at radius 1 is 0.886 bits per heavy atom. The van der Waals surface area contributed by atoms with Crippen LogP contribution in [-0.2, 0) is 23.0 Å². The van der Waals surface area contributed by atoms with Crippen LogP contribution in [0, 0.1) is 0 Å². The molecule has 0 fully saturated rings. The fraction of sp³-hybridized carbons (Fsp3) is 0.192. The summed E-state index contributed by atoms with van der Waals surface area (Å²) in [5, 5.41) is 2.71. The van der Waals surface area contributed by atoms with Crippen molar-refractivity contribution >= 4 is 27.7 Å². The fourth-order valence-corrected chi connectivity index (χ4v) is 5.01. The minimum Gasteiger partial charge on any atom is -0.348 e. The van der Waals surface area contributed by atoms with E-state index in [2.05, 4.69) is 5.32 Å². The maximum absolute atomic E-state index is 12.9. The highest BCUT2D eigenvalue weighted by Crippen LogP contribution is 2.25. The zero-order chi connectivity index (χ0) is 25.2. The van der Waals surface area contributed by atoms with Crippen LogP contribution in [0.1, 0.15) is 42.2 Å². The molecule has 0 aliphatic carbocycles. The van der Waals surface area contributed by atoms with Crippen LogP contribution in [0.5, 0.6) is 0 Å². The Morgan fingerprint density at radius 2 is 1.54 bits per heavy atom. The molecule has 0 atom stereocenters. The average Bonchev–Trinajstić information content (AvgIpc) is 3.10. The number of sulfonamides is 1. The number of nitrogens with zero attached hydrogens (tertiary/aromatic N) is 2. The van der Waals surface area contributed by atoms with Gasteiger partial charge in [-0.2, -0.15) is 0 Å². The van der Waals surface area contributed by atoms with Crippen molar-refractivity contribution < 1.29 is 22.8 Å². The molecule has 8 nitrogen and oxygen atoms in total. The topological polar surface area (TPSA) is 104 Å². The van der Waals surface area contributed by atoms with Gasteiger partial charge in [-0.05, 0) is 41.8 Å². The minimum atomic E-state index is -3.68. The maximum Gasteiger partial charge on any atom is 0.261 e. The highest BCUT2D eigenvalue weighted by atomic mass is 32.2.